The number of alkyl halides is 1. The van der Waals surface area contributed by atoms with Gasteiger partial charge in [0, 0.05) is 6.61 Å². The molecule has 0 amide bonds. The van der Waals surface area contributed by atoms with Gasteiger partial charge in [0.05, 0.1) is 0 Å². The largest absolute Gasteiger partial charge is 0.396 e. The summed E-state index contributed by atoms with van der Waals surface area (Å²) in [5.41, 5.74) is 0.210. The van der Waals surface area contributed by atoms with Crippen molar-refractivity contribution in [3.05, 3.63) is 0 Å². The summed E-state index contributed by atoms with van der Waals surface area (Å²) in [5, 5.41) is 8.52. The van der Waals surface area contributed by atoms with Gasteiger partial charge < -0.3 is 5.11 Å². The van der Waals surface area contributed by atoms with E-state index in [1.54, 1.807) is 0 Å². The highest BCUT2D eigenvalue weighted by atomic mass is 19.1. The molecule has 1 nitrogen and oxygen atoms in total. The van der Waals surface area contributed by atoms with Crippen molar-refractivity contribution in [1.29, 1.82) is 0 Å². The first kappa shape index (κ1) is 7.99. The van der Waals surface area contributed by atoms with Gasteiger partial charge in [-0.1, -0.05) is 6.92 Å². The average molecular weight is 146 g/mol. The topological polar surface area (TPSA) is 20.2 Å². The van der Waals surface area contributed by atoms with Crippen LogP contribution in [-0.4, -0.2) is 17.9 Å². The van der Waals surface area contributed by atoms with Crippen LogP contribution in [0.25, 0.3) is 0 Å². The zero-order valence-electron chi connectivity index (χ0n) is 6.44. The molecule has 0 aromatic carbocycles. The number of rotatable bonds is 3. The van der Waals surface area contributed by atoms with Crippen LogP contribution in [0.2, 0.25) is 0 Å². The monoisotopic (exact) mass is 146 g/mol. The molecule has 1 fully saturated rings. The molecule has 0 unspecified atom stereocenters. The van der Waals surface area contributed by atoms with Crippen molar-refractivity contribution in [1.82, 2.24) is 0 Å². The maximum Gasteiger partial charge on any atom is 0.101 e. The fourth-order valence-electron chi connectivity index (χ4n) is 1.72. The van der Waals surface area contributed by atoms with Crippen molar-refractivity contribution in [2.45, 2.75) is 38.8 Å². The van der Waals surface area contributed by atoms with Crippen LogP contribution in [-0.2, 0) is 0 Å². The number of aliphatic hydroxyl groups is 1. The number of aliphatic hydroxyl groups excluding tert-OH is 1. The maximum atomic E-state index is 12.4. The third-order valence-corrected chi connectivity index (χ3v) is 2.37. The Labute approximate surface area is 61.2 Å². The Morgan fingerprint density at radius 3 is 2.60 bits per heavy atom. The van der Waals surface area contributed by atoms with E-state index in [0.29, 0.717) is 12.8 Å². The van der Waals surface area contributed by atoms with Crippen molar-refractivity contribution in [3.63, 3.8) is 0 Å². The van der Waals surface area contributed by atoms with Crippen LogP contribution in [0.5, 0.6) is 0 Å². The molecule has 0 saturated heterocycles. The van der Waals surface area contributed by atoms with Crippen LogP contribution >= 0.6 is 0 Å². The minimum Gasteiger partial charge on any atom is -0.396 e. The molecule has 1 aliphatic carbocycles. The highest BCUT2D eigenvalue weighted by molar-refractivity contribution is 4.90. The van der Waals surface area contributed by atoms with Crippen LogP contribution in [0.3, 0.4) is 0 Å². The Bertz CT molecular complexity index is 108. The molecule has 0 aromatic heterocycles. The Morgan fingerprint density at radius 2 is 2.20 bits per heavy atom. The van der Waals surface area contributed by atoms with E-state index in [1.807, 2.05) is 0 Å². The van der Waals surface area contributed by atoms with E-state index >= 15 is 0 Å². The van der Waals surface area contributed by atoms with Crippen LogP contribution < -0.4 is 0 Å². The van der Waals surface area contributed by atoms with Crippen molar-refractivity contribution in [2.75, 3.05) is 6.61 Å². The predicted molar refractivity (Wildman–Crippen MR) is 38.6 cm³/mol. The smallest absolute Gasteiger partial charge is 0.101 e. The summed E-state index contributed by atoms with van der Waals surface area (Å²) in [5.74, 6) is 0. The summed E-state index contributed by atoms with van der Waals surface area (Å²) < 4.78 is 12.4. The van der Waals surface area contributed by atoms with Crippen molar-refractivity contribution in [2.24, 2.45) is 5.41 Å². The van der Waals surface area contributed by atoms with Gasteiger partial charge in [-0.15, -0.1) is 0 Å². The Balaban J connectivity index is 2.15. The number of halogens is 1. The van der Waals surface area contributed by atoms with E-state index in [0.717, 1.165) is 12.8 Å². The summed E-state index contributed by atoms with van der Waals surface area (Å²) in [7, 11) is 0. The molecule has 0 heterocycles. The lowest BCUT2D eigenvalue weighted by atomic mass is 9.66. The molecule has 0 bridgehead atoms. The van der Waals surface area contributed by atoms with Crippen LogP contribution in [0.15, 0.2) is 0 Å². The van der Waals surface area contributed by atoms with Gasteiger partial charge in [0.15, 0.2) is 0 Å². The first-order chi connectivity index (χ1) is 4.66. The fourth-order valence-corrected chi connectivity index (χ4v) is 1.72. The zero-order chi connectivity index (χ0) is 7.61. The van der Waals surface area contributed by atoms with Crippen LogP contribution in [0.1, 0.15) is 32.6 Å². The fraction of sp³-hybridized carbons (Fsp3) is 1.00. The van der Waals surface area contributed by atoms with Crippen molar-refractivity contribution in [3.8, 4) is 0 Å². The van der Waals surface area contributed by atoms with Crippen LogP contribution in [0.4, 0.5) is 4.39 Å². The molecule has 0 aliphatic heterocycles. The summed E-state index contributed by atoms with van der Waals surface area (Å²) in [6, 6.07) is 0. The minimum absolute atomic E-state index is 0.210. The summed E-state index contributed by atoms with van der Waals surface area (Å²) in [4.78, 5) is 0. The molecule has 10 heavy (non-hydrogen) atoms. The zero-order valence-corrected chi connectivity index (χ0v) is 6.44. The number of hydrogen-bond acceptors (Lipinski definition) is 1. The highest BCUT2D eigenvalue weighted by Crippen LogP contribution is 2.45. The molecule has 0 radical (unpaired) electrons. The molecule has 1 saturated carbocycles. The second-order valence-electron chi connectivity index (χ2n) is 3.64. The Morgan fingerprint density at radius 1 is 1.60 bits per heavy atom. The third kappa shape index (κ3) is 1.69. The third-order valence-electron chi connectivity index (χ3n) is 2.37. The maximum absolute atomic E-state index is 12.4. The first-order valence-electron chi connectivity index (χ1n) is 3.91. The lowest BCUT2D eigenvalue weighted by Crippen LogP contribution is -2.35. The molecule has 60 valence electrons. The van der Waals surface area contributed by atoms with Gasteiger partial charge in [-0.05, 0) is 31.1 Å². The van der Waals surface area contributed by atoms with E-state index in [2.05, 4.69) is 6.92 Å². The quantitative estimate of drug-likeness (QED) is 0.644. The highest BCUT2D eigenvalue weighted by Gasteiger charge is 2.39. The van der Waals surface area contributed by atoms with Crippen LogP contribution in [0, 0.1) is 5.41 Å². The van der Waals surface area contributed by atoms with Crippen molar-refractivity contribution >= 4 is 0 Å². The lowest BCUT2D eigenvalue weighted by Gasteiger charge is -2.41. The standard InChI is InChI=1S/C8H15FO/c1-8(3-2-4-10)5-7(9)6-8/h7,10H,2-6H2,1H3. The van der Waals surface area contributed by atoms with Gasteiger partial charge in [0.25, 0.3) is 0 Å². The van der Waals surface area contributed by atoms with E-state index in [-0.39, 0.29) is 12.0 Å². The lowest BCUT2D eigenvalue weighted by molar-refractivity contribution is 0.0289. The summed E-state index contributed by atoms with van der Waals surface area (Å²) in [6.45, 7) is 2.34. The van der Waals surface area contributed by atoms with Gasteiger partial charge in [-0.25, -0.2) is 4.39 Å². The molecule has 1 N–H and O–H groups in total. The minimum atomic E-state index is -0.566. The van der Waals surface area contributed by atoms with E-state index < -0.39 is 6.17 Å². The molecule has 2 heteroatoms. The van der Waals surface area contributed by atoms with Gasteiger partial charge in [0.1, 0.15) is 6.17 Å². The van der Waals surface area contributed by atoms with E-state index in [9.17, 15) is 4.39 Å². The van der Waals surface area contributed by atoms with E-state index in [1.165, 1.54) is 0 Å². The second-order valence-corrected chi connectivity index (χ2v) is 3.64. The normalized spacial score (nSPS) is 39.3. The molecule has 0 spiro atoms. The van der Waals surface area contributed by atoms with Crippen molar-refractivity contribution < 1.29 is 9.50 Å². The Hall–Kier alpha value is -0.110. The first-order valence-corrected chi connectivity index (χ1v) is 3.91. The van der Waals surface area contributed by atoms with E-state index in [4.69, 9.17) is 5.11 Å². The SMILES string of the molecule is CC1(CCCO)CC(F)C1. The molecular weight excluding hydrogens is 131 g/mol. The second kappa shape index (κ2) is 2.87. The molecule has 1 rings (SSSR count). The summed E-state index contributed by atoms with van der Waals surface area (Å²) >= 11 is 0. The van der Waals surface area contributed by atoms with Gasteiger partial charge >= 0.3 is 0 Å². The molecule has 0 atom stereocenters. The average Bonchev–Trinajstić information content (AvgIpc) is 1.81. The molecule has 1 aliphatic rings. The molecular formula is C8H15FO. The predicted octanol–water partition coefficient (Wildman–Crippen LogP) is 1.90. The summed E-state index contributed by atoms with van der Waals surface area (Å²) in [6.07, 6.45) is 2.64. The van der Waals surface area contributed by atoms with Gasteiger partial charge in [-0.3, -0.25) is 0 Å². The van der Waals surface area contributed by atoms with Gasteiger partial charge in [0.2, 0.25) is 0 Å². The molecule has 0 aromatic rings. The number of hydrogen-bond donors (Lipinski definition) is 1. The Kier molecular flexibility index (Phi) is 2.29. The van der Waals surface area contributed by atoms with Gasteiger partial charge in [-0.2, -0.15) is 0 Å².